The predicted molar refractivity (Wildman–Crippen MR) is 164 cm³/mol. The van der Waals surface area contributed by atoms with E-state index in [0.29, 0.717) is 34.4 Å². The Labute approximate surface area is 243 Å². The fraction of sp³-hybridized carbons (Fsp3) is 0.324. The van der Waals surface area contributed by atoms with Crippen molar-refractivity contribution in [3.8, 4) is 0 Å². The van der Waals surface area contributed by atoms with Crippen molar-refractivity contribution in [3.63, 3.8) is 0 Å². The van der Waals surface area contributed by atoms with Gasteiger partial charge in [-0.3, -0.25) is 4.98 Å². The summed E-state index contributed by atoms with van der Waals surface area (Å²) >= 11 is 11.8. The van der Waals surface area contributed by atoms with Gasteiger partial charge in [-0.15, -0.1) is 0 Å². The highest BCUT2D eigenvalue weighted by Crippen LogP contribution is 2.30. The maximum atomic E-state index is 10.1. The van der Waals surface area contributed by atoms with E-state index in [1.54, 1.807) is 42.7 Å². The summed E-state index contributed by atoms with van der Waals surface area (Å²) in [5.41, 5.74) is 6.90. The molecular formula is C34H39Cl2NO2. The Kier molecular flexibility index (Phi) is 10.7. The van der Waals surface area contributed by atoms with Crippen molar-refractivity contribution in [3.05, 3.63) is 135 Å². The number of aliphatic hydroxyl groups is 1. The molecule has 39 heavy (non-hydrogen) atoms. The topological polar surface area (TPSA) is 42.4 Å². The molecule has 0 aliphatic heterocycles. The second-order valence-electron chi connectivity index (χ2n) is 11.7. The van der Waals surface area contributed by atoms with Crippen molar-refractivity contribution in [1.82, 2.24) is 4.98 Å². The molecule has 4 rings (SSSR count). The largest absolute Gasteiger partial charge is 0.384 e. The second-order valence-corrected chi connectivity index (χ2v) is 12.6. The molecule has 0 amide bonds. The lowest BCUT2D eigenvalue weighted by Gasteiger charge is -2.19. The van der Waals surface area contributed by atoms with Gasteiger partial charge in [0.15, 0.2) is 0 Å². The van der Waals surface area contributed by atoms with Crippen LogP contribution in [0.4, 0.5) is 0 Å². The normalized spacial score (nSPS) is 12.4. The van der Waals surface area contributed by atoms with Crippen LogP contribution >= 0.6 is 23.2 Å². The van der Waals surface area contributed by atoms with Crippen LogP contribution in [0.3, 0.4) is 0 Å². The number of nitrogens with zero attached hydrogens (tertiary/aromatic N) is 1. The van der Waals surface area contributed by atoms with Crippen molar-refractivity contribution in [2.75, 3.05) is 0 Å². The summed E-state index contributed by atoms with van der Waals surface area (Å²) in [7, 11) is 0. The fourth-order valence-electron chi connectivity index (χ4n) is 3.93. The van der Waals surface area contributed by atoms with Crippen LogP contribution in [0.2, 0.25) is 10.0 Å². The molecule has 3 aromatic carbocycles. The lowest BCUT2D eigenvalue weighted by molar-refractivity contribution is 0.107. The molecule has 0 saturated heterocycles. The minimum Gasteiger partial charge on any atom is -0.384 e. The molecule has 4 aromatic rings. The molecule has 1 N–H and O–H groups in total. The molecule has 0 bridgehead atoms. The van der Waals surface area contributed by atoms with Gasteiger partial charge in [0.25, 0.3) is 0 Å². The minimum absolute atomic E-state index is 0.203. The predicted octanol–water partition coefficient (Wildman–Crippen LogP) is 9.47. The van der Waals surface area contributed by atoms with Crippen LogP contribution in [-0.4, -0.2) is 10.1 Å². The molecular weight excluding hydrogens is 525 g/mol. The summed E-state index contributed by atoms with van der Waals surface area (Å²) < 4.78 is 5.86. The van der Waals surface area contributed by atoms with E-state index >= 15 is 0 Å². The first-order valence-electron chi connectivity index (χ1n) is 13.1. The first-order chi connectivity index (χ1) is 18.3. The Bertz CT molecular complexity index is 1250. The van der Waals surface area contributed by atoms with Crippen molar-refractivity contribution < 1.29 is 9.84 Å². The van der Waals surface area contributed by atoms with Crippen LogP contribution in [0, 0.1) is 0 Å². The summed E-state index contributed by atoms with van der Waals surface area (Å²) in [5.74, 6) is 0. The quantitative estimate of drug-likeness (QED) is 0.254. The highest BCUT2D eigenvalue weighted by Gasteiger charge is 2.15. The van der Waals surface area contributed by atoms with E-state index in [2.05, 4.69) is 95.1 Å². The summed E-state index contributed by atoms with van der Waals surface area (Å²) in [6.07, 6.45) is 2.48. The van der Waals surface area contributed by atoms with E-state index in [-0.39, 0.29) is 10.8 Å². The molecule has 0 fully saturated rings. The van der Waals surface area contributed by atoms with Gasteiger partial charge in [-0.1, -0.05) is 125 Å². The third kappa shape index (κ3) is 9.47. The van der Waals surface area contributed by atoms with Crippen molar-refractivity contribution in [2.45, 2.75) is 71.7 Å². The van der Waals surface area contributed by atoms with E-state index in [9.17, 15) is 5.11 Å². The SMILES string of the molecule is CC(C)(C)c1ccc(COCc2ccc(C(C)(C)C)cc2)cc1.OC(c1cccnc1)c1ccc(Cl)cc1Cl. The highest BCUT2D eigenvalue weighted by atomic mass is 35.5. The molecule has 0 aliphatic rings. The molecule has 1 unspecified atom stereocenters. The molecule has 1 aromatic heterocycles. The van der Waals surface area contributed by atoms with Gasteiger partial charge < -0.3 is 9.84 Å². The van der Waals surface area contributed by atoms with Gasteiger partial charge in [0.05, 0.1) is 13.2 Å². The number of rotatable bonds is 6. The van der Waals surface area contributed by atoms with Crippen molar-refractivity contribution in [2.24, 2.45) is 0 Å². The van der Waals surface area contributed by atoms with Crippen LogP contribution in [0.1, 0.15) is 81.0 Å². The molecule has 5 heteroatoms. The van der Waals surface area contributed by atoms with Crippen LogP contribution in [0.5, 0.6) is 0 Å². The first kappa shape index (κ1) is 30.8. The number of halogens is 2. The Balaban J connectivity index is 0.000000230. The zero-order valence-corrected chi connectivity index (χ0v) is 25.2. The fourth-order valence-corrected chi connectivity index (χ4v) is 4.44. The molecule has 0 aliphatic carbocycles. The van der Waals surface area contributed by atoms with Gasteiger partial charge in [0.2, 0.25) is 0 Å². The van der Waals surface area contributed by atoms with Crippen LogP contribution < -0.4 is 0 Å². The Hall–Kier alpha value is -2.69. The third-order valence-electron chi connectivity index (χ3n) is 6.43. The Morgan fingerprint density at radius 2 is 1.26 bits per heavy atom. The zero-order chi connectivity index (χ0) is 28.6. The first-order valence-corrected chi connectivity index (χ1v) is 13.9. The summed E-state index contributed by atoms with van der Waals surface area (Å²) in [6, 6.07) is 26.1. The molecule has 206 valence electrons. The van der Waals surface area contributed by atoms with Crippen LogP contribution in [0.15, 0.2) is 91.3 Å². The lowest BCUT2D eigenvalue weighted by atomic mass is 9.87. The Morgan fingerprint density at radius 3 is 1.67 bits per heavy atom. The molecule has 1 heterocycles. The number of aliphatic hydroxyl groups excluding tert-OH is 1. The number of pyridine rings is 1. The van der Waals surface area contributed by atoms with E-state index in [1.165, 1.54) is 22.3 Å². The maximum absolute atomic E-state index is 10.1. The smallest absolute Gasteiger partial charge is 0.107 e. The molecule has 0 spiro atoms. The van der Waals surface area contributed by atoms with Crippen LogP contribution in [-0.2, 0) is 28.8 Å². The second kappa shape index (κ2) is 13.6. The number of hydrogen-bond acceptors (Lipinski definition) is 3. The van der Waals surface area contributed by atoms with Gasteiger partial charge in [-0.05, 0) is 51.3 Å². The lowest BCUT2D eigenvalue weighted by Crippen LogP contribution is -2.11. The number of aromatic nitrogens is 1. The monoisotopic (exact) mass is 563 g/mol. The maximum Gasteiger partial charge on any atom is 0.107 e. The number of benzene rings is 3. The van der Waals surface area contributed by atoms with Crippen molar-refractivity contribution in [1.29, 1.82) is 0 Å². The number of ether oxygens (including phenoxy) is 1. The third-order valence-corrected chi connectivity index (χ3v) is 7.00. The molecule has 1 atom stereocenters. The van der Waals surface area contributed by atoms with Gasteiger partial charge >= 0.3 is 0 Å². The standard InChI is InChI=1S/C22H30O.C12H9Cl2NO/c1-21(2,3)19-11-7-17(8-12-19)15-23-16-18-9-13-20(14-10-18)22(4,5)6;13-9-3-4-10(11(14)6-9)12(16)8-2-1-5-15-7-8/h7-14H,15-16H2,1-6H3;1-7,12,16H. The summed E-state index contributed by atoms with van der Waals surface area (Å²) in [4.78, 5) is 3.95. The molecule has 3 nitrogen and oxygen atoms in total. The highest BCUT2D eigenvalue weighted by molar-refractivity contribution is 6.35. The van der Waals surface area contributed by atoms with E-state index in [4.69, 9.17) is 27.9 Å². The van der Waals surface area contributed by atoms with E-state index in [1.807, 2.05) is 0 Å². The zero-order valence-electron chi connectivity index (χ0n) is 23.7. The summed E-state index contributed by atoms with van der Waals surface area (Å²) in [6.45, 7) is 14.7. The number of hydrogen-bond donors (Lipinski definition) is 1. The van der Waals surface area contributed by atoms with Crippen molar-refractivity contribution >= 4 is 23.2 Å². The van der Waals surface area contributed by atoms with E-state index < -0.39 is 6.10 Å². The average Bonchev–Trinajstić information content (AvgIpc) is 2.89. The average molecular weight is 565 g/mol. The Morgan fingerprint density at radius 1 is 0.744 bits per heavy atom. The molecule has 0 radical (unpaired) electrons. The van der Waals surface area contributed by atoms with Crippen LogP contribution in [0.25, 0.3) is 0 Å². The summed E-state index contributed by atoms with van der Waals surface area (Å²) in [5, 5.41) is 11.1. The molecule has 0 saturated carbocycles. The van der Waals surface area contributed by atoms with Gasteiger partial charge in [-0.25, -0.2) is 0 Å². The van der Waals surface area contributed by atoms with Gasteiger partial charge in [0, 0.05) is 33.6 Å². The minimum atomic E-state index is -0.779. The van der Waals surface area contributed by atoms with E-state index in [0.717, 1.165) is 0 Å². The van der Waals surface area contributed by atoms with Gasteiger partial charge in [-0.2, -0.15) is 0 Å². The van der Waals surface area contributed by atoms with Gasteiger partial charge in [0.1, 0.15) is 6.10 Å².